The summed E-state index contributed by atoms with van der Waals surface area (Å²) in [6.07, 6.45) is -0.581. The van der Waals surface area contributed by atoms with E-state index in [4.69, 9.17) is 16.3 Å². The van der Waals surface area contributed by atoms with Gasteiger partial charge in [-0.05, 0) is 18.4 Å². The topological polar surface area (TPSA) is 38.3 Å². The summed E-state index contributed by atoms with van der Waals surface area (Å²) in [4.78, 5) is 11.7. The number of rotatable bonds is 4. The lowest BCUT2D eigenvalue weighted by atomic mass is 9.84. The summed E-state index contributed by atoms with van der Waals surface area (Å²) in [7, 11) is 1.56. The van der Waals surface area contributed by atoms with Crippen LogP contribution in [-0.4, -0.2) is 37.7 Å². The number of hydrogen-bond acceptors (Lipinski definition) is 2. The van der Waals surface area contributed by atoms with E-state index in [-0.39, 0.29) is 18.2 Å². The summed E-state index contributed by atoms with van der Waals surface area (Å²) in [6.45, 7) is 4.52. The normalized spacial score (nSPS) is 30.2. The number of methoxy groups -OCH3 is 1. The molecule has 0 saturated heterocycles. The van der Waals surface area contributed by atoms with Gasteiger partial charge in [0.05, 0.1) is 12.5 Å². The molecule has 0 heterocycles. The molecule has 92 valence electrons. The zero-order valence-corrected chi connectivity index (χ0v) is 10.1. The van der Waals surface area contributed by atoms with Gasteiger partial charge in [0, 0.05) is 19.0 Å². The molecular weight excluding hydrogens is 233 g/mol. The Morgan fingerprint density at radius 1 is 1.75 bits per heavy atom. The number of amides is 1. The molecule has 0 bridgehead atoms. The molecule has 3 nitrogen and oxygen atoms in total. The van der Waals surface area contributed by atoms with Gasteiger partial charge in [-0.1, -0.05) is 6.58 Å². The average Bonchev–Trinajstić information content (AvgIpc) is 2.23. The summed E-state index contributed by atoms with van der Waals surface area (Å²) in [6, 6.07) is 0. The largest absolute Gasteiger partial charge is 0.383 e. The molecule has 1 N–H and O–H groups in total. The fourth-order valence-corrected chi connectivity index (χ4v) is 2.09. The van der Waals surface area contributed by atoms with Gasteiger partial charge in [0.15, 0.2) is 0 Å². The van der Waals surface area contributed by atoms with E-state index in [0.29, 0.717) is 25.1 Å². The number of carbonyl (C=O) groups excluding carboxylic acids is 1. The first-order valence-electron chi connectivity index (χ1n) is 5.28. The minimum absolute atomic E-state index is 0.148. The van der Waals surface area contributed by atoms with E-state index in [1.165, 1.54) is 0 Å². The first kappa shape index (κ1) is 13.5. The Bertz CT molecular complexity index is 273. The Morgan fingerprint density at radius 3 is 3.06 bits per heavy atom. The summed E-state index contributed by atoms with van der Waals surface area (Å²) in [5.74, 6) is -0.525. The van der Waals surface area contributed by atoms with Crippen molar-refractivity contribution in [2.45, 2.75) is 24.4 Å². The molecular formula is C11H17ClFNO2. The van der Waals surface area contributed by atoms with E-state index in [1.54, 1.807) is 7.11 Å². The minimum Gasteiger partial charge on any atom is -0.383 e. The van der Waals surface area contributed by atoms with Gasteiger partial charge in [0.2, 0.25) is 5.91 Å². The molecule has 1 amide bonds. The maximum Gasteiger partial charge on any atom is 0.225 e. The highest BCUT2D eigenvalue weighted by molar-refractivity contribution is 6.22. The van der Waals surface area contributed by atoms with Gasteiger partial charge in [-0.3, -0.25) is 4.79 Å². The second-order valence-electron chi connectivity index (χ2n) is 3.97. The van der Waals surface area contributed by atoms with Crippen molar-refractivity contribution in [2.75, 3.05) is 20.3 Å². The highest BCUT2D eigenvalue weighted by Gasteiger charge is 2.35. The molecule has 0 aromatic rings. The number of alkyl halides is 2. The van der Waals surface area contributed by atoms with Crippen LogP contribution in [0.15, 0.2) is 12.2 Å². The van der Waals surface area contributed by atoms with Gasteiger partial charge in [-0.2, -0.15) is 0 Å². The van der Waals surface area contributed by atoms with Gasteiger partial charge in [0.25, 0.3) is 0 Å². The van der Waals surface area contributed by atoms with Crippen LogP contribution in [0.2, 0.25) is 0 Å². The van der Waals surface area contributed by atoms with Crippen molar-refractivity contribution in [1.29, 1.82) is 0 Å². The van der Waals surface area contributed by atoms with Crippen molar-refractivity contribution in [3.05, 3.63) is 12.2 Å². The monoisotopic (exact) mass is 249 g/mol. The van der Waals surface area contributed by atoms with Crippen molar-refractivity contribution < 1.29 is 13.9 Å². The molecule has 0 aliphatic heterocycles. The Morgan fingerprint density at radius 2 is 2.44 bits per heavy atom. The van der Waals surface area contributed by atoms with E-state index < -0.39 is 11.5 Å². The summed E-state index contributed by atoms with van der Waals surface area (Å²) in [5, 5.41) is 2.25. The van der Waals surface area contributed by atoms with E-state index in [9.17, 15) is 9.18 Å². The molecule has 5 heteroatoms. The fourth-order valence-electron chi connectivity index (χ4n) is 1.73. The molecule has 3 unspecified atom stereocenters. The smallest absolute Gasteiger partial charge is 0.225 e. The third kappa shape index (κ3) is 3.46. The fraction of sp³-hybridized carbons (Fsp3) is 0.727. The average molecular weight is 250 g/mol. The Hall–Kier alpha value is -0.610. The Kier molecular flexibility index (Phi) is 5.22. The van der Waals surface area contributed by atoms with Crippen molar-refractivity contribution in [1.82, 2.24) is 5.32 Å². The lowest BCUT2D eigenvalue weighted by molar-refractivity contribution is -0.125. The van der Waals surface area contributed by atoms with Crippen LogP contribution in [-0.2, 0) is 9.53 Å². The number of allylic oxidation sites excluding steroid dienone is 1. The third-order valence-electron chi connectivity index (χ3n) is 2.74. The molecule has 0 radical (unpaired) electrons. The summed E-state index contributed by atoms with van der Waals surface area (Å²) in [5.41, 5.74) is 0.462. The van der Waals surface area contributed by atoms with Gasteiger partial charge in [0.1, 0.15) is 6.17 Å². The molecule has 1 aliphatic carbocycles. The highest BCUT2D eigenvalue weighted by atomic mass is 35.5. The van der Waals surface area contributed by atoms with Gasteiger partial charge >= 0.3 is 0 Å². The standard InChI is InChI=1S/C11H17ClFNO2/c1-7-5-8(9(12)6-10(7)13)11(15)14-3-4-16-2/h8-10H,1,3-6H2,2H3,(H,14,15). The molecule has 0 aromatic heterocycles. The third-order valence-corrected chi connectivity index (χ3v) is 3.22. The second-order valence-corrected chi connectivity index (χ2v) is 4.53. The van der Waals surface area contributed by atoms with Crippen LogP contribution in [0, 0.1) is 5.92 Å². The molecule has 3 atom stereocenters. The van der Waals surface area contributed by atoms with Crippen molar-refractivity contribution in [3.63, 3.8) is 0 Å². The van der Waals surface area contributed by atoms with Crippen LogP contribution >= 0.6 is 11.6 Å². The van der Waals surface area contributed by atoms with E-state index in [1.807, 2.05) is 0 Å². The van der Waals surface area contributed by atoms with Crippen LogP contribution in [0.5, 0.6) is 0 Å². The first-order chi connectivity index (χ1) is 7.56. The van der Waals surface area contributed by atoms with Crippen molar-refractivity contribution in [2.24, 2.45) is 5.92 Å². The quantitative estimate of drug-likeness (QED) is 0.468. The van der Waals surface area contributed by atoms with Crippen LogP contribution in [0.3, 0.4) is 0 Å². The first-order valence-corrected chi connectivity index (χ1v) is 5.72. The molecule has 1 rings (SSSR count). The predicted octanol–water partition coefficient (Wildman–Crippen LogP) is 1.66. The van der Waals surface area contributed by atoms with Gasteiger partial charge in [-0.15, -0.1) is 11.6 Å². The molecule has 16 heavy (non-hydrogen) atoms. The van der Waals surface area contributed by atoms with E-state index in [2.05, 4.69) is 11.9 Å². The lowest BCUT2D eigenvalue weighted by Crippen LogP contribution is -2.41. The molecule has 0 aromatic carbocycles. The minimum atomic E-state index is -1.08. The van der Waals surface area contributed by atoms with Gasteiger partial charge in [-0.25, -0.2) is 4.39 Å². The zero-order valence-electron chi connectivity index (χ0n) is 9.34. The Labute approximate surface area is 100.0 Å². The number of hydrogen-bond donors (Lipinski definition) is 1. The van der Waals surface area contributed by atoms with Gasteiger partial charge < -0.3 is 10.1 Å². The van der Waals surface area contributed by atoms with Crippen LogP contribution in [0.4, 0.5) is 4.39 Å². The van der Waals surface area contributed by atoms with Crippen molar-refractivity contribution >= 4 is 17.5 Å². The number of carbonyl (C=O) groups is 1. The zero-order chi connectivity index (χ0) is 12.1. The summed E-state index contributed by atoms with van der Waals surface area (Å²) >= 11 is 5.98. The molecule has 0 spiro atoms. The van der Waals surface area contributed by atoms with Crippen molar-refractivity contribution in [3.8, 4) is 0 Å². The van der Waals surface area contributed by atoms with Crippen LogP contribution in [0.1, 0.15) is 12.8 Å². The van der Waals surface area contributed by atoms with E-state index >= 15 is 0 Å². The number of nitrogens with one attached hydrogen (secondary N) is 1. The second kappa shape index (κ2) is 6.21. The van der Waals surface area contributed by atoms with Crippen LogP contribution in [0.25, 0.3) is 0 Å². The highest BCUT2D eigenvalue weighted by Crippen LogP contribution is 2.33. The maximum absolute atomic E-state index is 13.2. The molecule has 1 fully saturated rings. The van der Waals surface area contributed by atoms with E-state index in [0.717, 1.165) is 0 Å². The molecule has 1 saturated carbocycles. The predicted molar refractivity (Wildman–Crippen MR) is 61.3 cm³/mol. The lowest BCUT2D eigenvalue weighted by Gasteiger charge is -2.29. The molecule has 1 aliphatic rings. The maximum atomic E-state index is 13.2. The summed E-state index contributed by atoms with van der Waals surface area (Å²) < 4.78 is 18.1. The van der Waals surface area contributed by atoms with Crippen LogP contribution < -0.4 is 5.32 Å². The SMILES string of the molecule is C=C1CC(C(=O)NCCOC)C(Cl)CC1F. The number of ether oxygens (including phenoxy) is 1. The Balaban J connectivity index is 2.45. The number of halogens is 2.